The molecule has 4 nitrogen and oxygen atoms in total. The fourth-order valence-corrected chi connectivity index (χ4v) is 2.24. The molecular formula is C12H12FN3OS. The van der Waals surface area contributed by atoms with Gasteiger partial charge in [0.15, 0.2) is 5.13 Å². The van der Waals surface area contributed by atoms with Gasteiger partial charge in [-0.1, -0.05) is 0 Å². The minimum absolute atomic E-state index is 0.109. The third-order valence-electron chi connectivity index (χ3n) is 2.51. The van der Waals surface area contributed by atoms with Crippen molar-refractivity contribution >= 4 is 28.1 Å². The molecule has 1 heterocycles. The van der Waals surface area contributed by atoms with Crippen LogP contribution in [-0.4, -0.2) is 10.9 Å². The van der Waals surface area contributed by atoms with Crippen molar-refractivity contribution in [1.82, 2.24) is 4.98 Å². The number of anilines is 2. The Hall–Kier alpha value is -1.95. The molecule has 3 N–H and O–H groups in total. The van der Waals surface area contributed by atoms with Crippen LogP contribution >= 0.6 is 11.3 Å². The van der Waals surface area contributed by atoms with E-state index >= 15 is 0 Å². The van der Waals surface area contributed by atoms with E-state index in [2.05, 4.69) is 10.3 Å². The molecule has 94 valence electrons. The lowest BCUT2D eigenvalue weighted by Gasteiger charge is -2.04. The number of rotatable bonds is 2. The number of hydrogen-bond donors (Lipinski definition) is 2. The number of halogens is 1. The third kappa shape index (κ3) is 2.48. The predicted octanol–water partition coefficient (Wildman–Crippen LogP) is 2.73. The van der Waals surface area contributed by atoms with Crippen molar-refractivity contribution < 1.29 is 9.18 Å². The predicted molar refractivity (Wildman–Crippen MR) is 70.4 cm³/mol. The number of nitrogen functional groups attached to an aromatic ring is 1. The van der Waals surface area contributed by atoms with Crippen molar-refractivity contribution in [1.29, 1.82) is 0 Å². The number of nitrogens with zero attached hydrogens (tertiary/aromatic N) is 1. The van der Waals surface area contributed by atoms with Crippen LogP contribution in [0.5, 0.6) is 0 Å². The minimum Gasteiger partial charge on any atom is -0.398 e. The molecule has 0 saturated carbocycles. The van der Waals surface area contributed by atoms with Gasteiger partial charge in [0.1, 0.15) is 5.82 Å². The fourth-order valence-electron chi connectivity index (χ4n) is 1.43. The Kier molecular flexibility index (Phi) is 3.29. The molecule has 0 bridgehead atoms. The normalized spacial score (nSPS) is 10.4. The Balaban J connectivity index is 2.22. The molecule has 0 atom stereocenters. The molecule has 0 unspecified atom stereocenters. The molecule has 0 aliphatic heterocycles. The van der Waals surface area contributed by atoms with E-state index in [0.717, 1.165) is 16.6 Å². The van der Waals surface area contributed by atoms with Gasteiger partial charge in [-0.05, 0) is 32.0 Å². The minimum atomic E-state index is -0.468. The van der Waals surface area contributed by atoms with Gasteiger partial charge < -0.3 is 5.73 Å². The maximum absolute atomic E-state index is 12.9. The summed E-state index contributed by atoms with van der Waals surface area (Å²) in [5.74, 6) is -0.855. The van der Waals surface area contributed by atoms with Crippen molar-refractivity contribution in [2.45, 2.75) is 13.8 Å². The molecule has 0 aliphatic rings. The number of benzene rings is 1. The first-order valence-electron chi connectivity index (χ1n) is 5.28. The summed E-state index contributed by atoms with van der Waals surface area (Å²) >= 11 is 1.39. The van der Waals surface area contributed by atoms with Crippen molar-refractivity contribution in [2.24, 2.45) is 0 Å². The molecule has 1 aromatic carbocycles. The van der Waals surface area contributed by atoms with Crippen LogP contribution < -0.4 is 11.1 Å². The number of nitrogens with two attached hydrogens (primary N) is 1. The fraction of sp³-hybridized carbons (Fsp3) is 0.167. The Morgan fingerprint density at radius 3 is 2.72 bits per heavy atom. The molecule has 1 aromatic heterocycles. The van der Waals surface area contributed by atoms with Crippen molar-refractivity contribution in [2.75, 3.05) is 11.1 Å². The Bertz CT molecular complexity index is 590. The summed E-state index contributed by atoms with van der Waals surface area (Å²) in [6.45, 7) is 3.79. The monoisotopic (exact) mass is 265 g/mol. The van der Waals surface area contributed by atoms with E-state index in [0.29, 0.717) is 5.13 Å². The maximum Gasteiger partial charge on any atom is 0.259 e. The standard InChI is InChI=1S/C12H12FN3OS/c1-6-7(2)18-12(15-6)16-11(17)9-4-3-8(13)5-10(9)14/h3-5H,14H2,1-2H3,(H,15,16,17). The zero-order valence-electron chi connectivity index (χ0n) is 9.95. The summed E-state index contributed by atoms with van der Waals surface area (Å²) in [6.07, 6.45) is 0. The first kappa shape index (κ1) is 12.5. The molecule has 18 heavy (non-hydrogen) atoms. The van der Waals surface area contributed by atoms with Gasteiger partial charge in [-0.2, -0.15) is 0 Å². The Labute approximate surface area is 108 Å². The maximum atomic E-state index is 12.9. The molecule has 0 aliphatic carbocycles. The number of carbonyl (C=O) groups excluding carboxylic acids is 1. The molecule has 2 aromatic rings. The van der Waals surface area contributed by atoms with Crippen molar-refractivity contribution in [3.05, 3.63) is 40.2 Å². The van der Waals surface area contributed by atoms with Crippen molar-refractivity contribution in [3.63, 3.8) is 0 Å². The second-order valence-corrected chi connectivity index (χ2v) is 5.05. The van der Waals surface area contributed by atoms with Gasteiger partial charge >= 0.3 is 0 Å². The molecule has 0 spiro atoms. The van der Waals surface area contributed by atoms with Crippen LogP contribution in [0.1, 0.15) is 20.9 Å². The topological polar surface area (TPSA) is 68.0 Å². The van der Waals surface area contributed by atoms with Gasteiger partial charge in [0.25, 0.3) is 5.91 Å². The molecule has 2 rings (SSSR count). The highest BCUT2D eigenvalue weighted by Gasteiger charge is 2.13. The quantitative estimate of drug-likeness (QED) is 0.820. The second-order valence-electron chi connectivity index (χ2n) is 3.85. The lowest BCUT2D eigenvalue weighted by molar-refractivity contribution is 0.102. The average Bonchev–Trinajstić information content (AvgIpc) is 2.57. The van der Waals surface area contributed by atoms with Gasteiger partial charge in [-0.25, -0.2) is 9.37 Å². The largest absolute Gasteiger partial charge is 0.398 e. The van der Waals surface area contributed by atoms with Crippen LogP contribution in [0.4, 0.5) is 15.2 Å². The van der Waals surface area contributed by atoms with Crippen LogP contribution in [0.3, 0.4) is 0 Å². The number of hydrogen-bond acceptors (Lipinski definition) is 4. The van der Waals surface area contributed by atoms with E-state index in [1.54, 1.807) is 0 Å². The van der Waals surface area contributed by atoms with E-state index in [1.165, 1.54) is 23.5 Å². The first-order chi connectivity index (χ1) is 8.47. The smallest absolute Gasteiger partial charge is 0.259 e. The van der Waals surface area contributed by atoms with Gasteiger partial charge in [0, 0.05) is 10.6 Å². The second kappa shape index (κ2) is 4.73. The van der Waals surface area contributed by atoms with Gasteiger partial charge in [0.05, 0.1) is 11.3 Å². The van der Waals surface area contributed by atoms with E-state index in [9.17, 15) is 9.18 Å². The lowest BCUT2D eigenvalue weighted by atomic mass is 10.1. The molecule has 0 radical (unpaired) electrons. The molecule has 0 saturated heterocycles. The zero-order valence-corrected chi connectivity index (χ0v) is 10.8. The highest BCUT2D eigenvalue weighted by atomic mass is 32.1. The van der Waals surface area contributed by atoms with E-state index < -0.39 is 5.82 Å². The summed E-state index contributed by atoms with van der Waals surface area (Å²) in [5, 5.41) is 3.16. The van der Waals surface area contributed by atoms with E-state index in [4.69, 9.17) is 5.73 Å². The number of amides is 1. The molecule has 0 fully saturated rings. The Morgan fingerprint density at radius 1 is 1.44 bits per heavy atom. The number of carbonyl (C=O) groups is 1. The lowest BCUT2D eigenvalue weighted by Crippen LogP contribution is -2.14. The average molecular weight is 265 g/mol. The number of nitrogens with one attached hydrogen (secondary N) is 1. The highest BCUT2D eigenvalue weighted by molar-refractivity contribution is 7.15. The van der Waals surface area contributed by atoms with E-state index in [-0.39, 0.29) is 17.2 Å². The summed E-state index contributed by atoms with van der Waals surface area (Å²) in [6, 6.07) is 3.67. The van der Waals surface area contributed by atoms with E-state index in [1.807, 2.05) is 13.8 Å². The van der Waals surface area contributed by atoms with Crippen LogP contribution in [0, 0.1) is 19.7 Å². The third-order valence-corrected chi connectivity index (χ3v) is 3.50. The number of aromatic nitrogens is 1. The van der Waals surface area contributed by atoms with Gasteiger partial charge in [-0.15, -0.1) is 11.3 Å². The van der Waals surface area contributed by atoms with Crippen molar-refractivity contribution in [3.8, 4) is 0 Å². The SMILES string of the molecule is Cc1nc(NC(=O)c2ccc(F)cc2N)sc1C. The first-order valence-corrected chi connectivity index (χ1v) is 6.09. The van der Waals surface area contributed by atoms with Crippen LogP contribution in [0.15, 0.2) is 18.2 Å². The van der Waals surface area contributed by atoms with Crippen LogP contribution in [0.25, 0.3) is 0 Å². The summed E-state index contributed by atoms with van der Waals surface area (Å²) in [5.41, 5.74) is 6.82. The summed E-state index contributed by atoms with van der Waals surface area (Å²) in [7, 11) is 0. The summed E-state index contributed by atoms with van der Waals surface area (Å²) < 4.78 is 12.9. The number of thiazole rings is 1. The molecule has 1 amide bonds. The van der Waals surface area contributed by atoms with Gasteiger partial charge in [-0.3, -0.25) is 10.1 Å². The van der Waals surface area contributed by atoms with Crippen LogP contribution in [-0.2, 0) is 0 Å². The van der Waals surface area contributed by atoms with Gasteiger partial charge in [0.2, 0.25) is 0 Å². The van der Waals surface area contributed by atoms with Crippen LogP contribution in [0.2, 0.25) is 0 Å². The number of aryl methyl sites for hydroxylation is 2. The Morgan fingerprint density at radius 2 is 2.17 bits per heavy atom. The highest BCUT2D eigenvalue weighted by Crippen LogP contribution is 2.22. The summed E-state index contributed by atoms with van der Waals surface area (Å²) in [4.78, 5) is 17.2. The zero-order chi connectivity index (χ0) is 13.3. The molecular weight excluding hydrogens is 253 g/mol. The molecule has 6 heteroatoms.